The normalized spacial score (nSPS) is 28.2. The summed E-state index contributed by atoms with van der Waals surface area (Å²) in [4.78, 5) is 11.7. The average molecular weight is 282 g/mol. The zero-order valence-corrected chi connectivity index (χ0v) is 13.4. The summed E-state index contributed by atoms with van der Waals surface area (Å²) >= 11 is 0. The molecule has 1 amide bonds. The zero-order valence-electron chi connectivity index (χ0n) is 13.4. The fraction of sp³-hybridized carbons (Fsp3) is 0.938. The highest BCUT2D eigenvalue weighted by Crippen LogP contribution is 2.36. The van der Waals surface area contributed by atoms with E-state index < -0.39 is 5.60 Å². The van der Waals surface area contributed by atoms with Gasteiger partial charge in [0.15, 0.2) is 0 Å². The number of carbonyl (C=O) groups excluding carboxylic acids is 1. The minimum Gasteiger partial charge on any atom is -0.444 e. The fourth-order valence-electron chi connectivity index (χ4n) is 2.96. The van der Waals surface area contributed by atoms with E-state index in [2.05, 4.69) is 17.6 Å². The van der Waals surface area contributed by atoms with Gasteiger partial charge in [-0.25, -0.2) is 4.79 Å². The van der Waals surface area contributed by atoms with E-state index in [1.807, 2.05) is 20.8 Å². The van der Waals surface area contributed by atoms with Crippen molar-refractivity contribution in [3.8, 4) is 0 Å². The molecular formula is C16H30N2O2. The van der Waals surface area contributed by atoms with Crippen LogP contribution in [0.4, 0.5) is 4.79 Å². The van der Waals surface area contributed by atoms with Gasteiger partial charge in [0.25, 0.3) is 0 Å². The summed E-state index contributed by atoms with van der Waals surface area (Å²) in [5.74, 6) is 1.76. The minimum atomic E-state index is -0.417. The lowest BCUT2D eigenvalue weighted by atomic mass is 10.1. The van der Waals surface area contributed by atoms with Crippen molar-refractivity contribution in [1.29, 1.82) is 0 Å². The molecule has 116 valence electrons. The van der Waals surface area contributed by atoms with Crippen molar-refractivity contribution < 1.29 is 9.53 Å². The highest BCUT2D eigenvalue weighted by molar-refractivity contribution is 5.68. The Morgan fingerprint density at radius 2 is 1.85 bits per heavy atom. The third-order valence-electron chi connectivity index (χ3n) is 4.31. The highest BCUT2D eigenvalue weighted by atomic mass is 16.6. The summed E-state index contributed by atoms with van der Waals surface area (Å²) in [6, 6.07) is 0.815. The van der Waals surface area contributed by atoms with Gasteiger partial charge in [-0.3, -0.25) is 0 Å². The van der Waals surface area contributed by atoms with Crippen LogP contribution in [0.15, 0.2) is 0 Å². The maximum Gasteiger partial charge on any atom is 0.407 e. The molecule has 2 N–H and O–H groups in total. The summed E-state index contributed by atoms with van der Waals surface area (Å²) in [6.45, 7) is 9.14. The van der Waals surface area contributed by atoms with E-state index in [1.165, 1.54) is 12.8 Å². The van der Waals surface area contributed by atoms with E-state index in [-0.39, 0.29) is 12.1 Å². The van der Waals surface area contributed by atoms with Crippen molar-refractivity contribution in [1.82, 2.24) is 10.6 Å². The molecule has 2 saturated carbocycles. The Kier molecular flexibility index (Phi) is 4.95. The van der Waals surface area contributed by atoms with Crippen LogP contribution in [0.1, 0.15) is 59.8 Å². The SMILES string of the molecule is CC(CNC1CCC(NC(=O)OC(C)(C)C)C1)C1CC1. The Morgan fingerprint density at radius 1 is 1.20 bits per heavy atom. The molecule has 3 atom stereocenters. The van der Waals surface area contributed by atoms with Gasteiger partial charge in [0.1, 0.15) is 5.60 Å². The molecule has 4 nitrogen and oxygen atoms in total. The first kappa shape index (κ1) is 15.6. The van der Waals surface area contributed by atoms with Crippen LogP contribution < -0.4 is 10.6 Å². The van der Waals surface area contributed by atoms with Crippen molar-refractivity contribution in [2.45, 2.75) is 77.5 Å². The molecule has 0 saturated heterocycles. The van der Waals surface area contributed by atoms with Gasteiger partial charge in [-0.15, -0.1) is 0 Å². The largest absolute Gasteiger partial charge is 0.444 e. The molecule has 0 aromatic carbocycles. The Morgan fingerprint density at radius 3 is 2.45 bits per heavy atom. The Balaban J connectivity index is 1.63. The van der Waals surface area contributed by atoms with Crippen LogP contribution in [0.25, 0.3) is 0 Å². The molecule has 4 heteroatoms. The molecule has 2 aliphatic carbocycles. The molecule has 2 aliphatic rings. The number of hydrogen-bond acceptors (Lipinski definition) is 3. The molecular weight excluding hydrogens is 252 g/mol. The van der Waals surface area contributed by atoms with Crippen LogP contribution in [-0.2, 0) is 4.74 Å². The predicted molar refractivity (Wildman–Crippen MR) is 80.7 cm³/mol. The number of rotatable bonds is 5. The topological polar surface area (TPSA) is 50.4 Å². The first-order valence-electron chi connectivity index (χ1n) is 8.06. The molecule has 0 heterocycles. The number of ether oxygens (including phenoxy) is 1. The zero-order chi connectivity index (χ0) is 14.8. The van der Waals surface area contributed by atoms with Crippen LogP contribution in [0, 0.1) is 11.8 Å². The summed E-state index contributed by atoms with van der Waals surface area (Å²) in [7, 11) is 0. The van der Waals surface area contributed by atoms with Gasteiger partial charge < -0.3 is 15.4 Å². The molecule has 0 radical (unpaired) electrons. The number of carbonyl (C=O) groups is 1. The van der Waals surface area contributed by atoms with Gasteiger partial charge >= 0.3 is 6.09 Å². The summed E-state index contributed by atoms with van der Waals surface area (Å²) < 4.78 is 5.30. The fourth-order valence-corrected chi connectivity index (χ4v) is 2.96. The lowest BCUT2D eigenvalue weighted by Gasteiger charge is -2.22. The van der Waals surface area contributed by atoms with Crippen LogP contribution >= 0.6 is 0 Å². The van der Waals surface area contributed by atoms with Crippen LogP contribution in [-0.4, -0.2) is 30.3 Å². The van der Waals surface area contributed by atoms with Gasteiger partial charge in [0.05, 0.1) is 0 Å². The molecule has 2 fully saturated rings. The van der Waals surface area contributed by atoms with Crippen LogP contribution in [0.2, 0.25) is 0 Å². The molecule has 2 rings (SSSR count). The number of alkyl carbamates (subject to hydrolysis) is 1. The van der Waals surface area contributed by atoms with Gasteiger partial charge in [-0.1, -0.05) is 6.92 Å². The van der Waals surface area contributed by atoms with Crippen molar-refractivity contribution in [3.05, 3.63) is 0 Å². The third-order valence-corrected chi connectivity index (χ3v) is 4.31. The minimum absolute atomic E-state index is 0.263. The third kappa shape index (κ3) is 5.31. The van der Waals surface area contributed by atoms with Crippen LogP contribution in [0.5, 0.6) is 0 Å². The second kappa shape index (κ2) is 6.33. The van der Waals surface area contributed by atoms with E-state index in [0.717, 1.165) is 37.6 Å². The Hall–Kier alpha value is -0.770. The highest BCUT2D eigenvalue weighted by Gasteiger charge is 2.30. The van der Waals surface area contributed by atoms with Crippen LogP contribution in [0.3, 0.4) is 0 Å². The van der Waals surface area contributed by atoms with Crippen molar-refractivity contribution in [3.63, 3.8) is 0 Å². The summed E-state index contributed by atoms with van der Waals surface area (Å²) in [5, 5.41) is 6.65. The van der Waals surface area contributed by atoms with Crippen molar-refractivity contribution in [2.24, 2.45) is 11.8 Å². The van der Waals surface area contributed by atoms with E-state index in [4.69, 9.17) is 4.74 Å². The maximum atomic E-state index is 11.7. The average Bonchev–Trinajstić information content (AvgIpc) is 3.06. The summed E-state index contributed by atoms with van der Waals surface area (Å²) in [6.07, 6.45) is 5.77. The summed E-state index contributed by atoms with van der Waals surface area (Å²) in [5.41, 5.74) is -0.417. The smallest absolute Gasteiger partial charge is 0.407 e. The first-order chi connectivity index (χ1) is 9.33. The standard InChI is InChI=1S/C16H30N2O2/c1-11(12-5-6-12)10-17-13-7-8-14(9-13)18-15(19)20-16(2,3)4/h11-14,17H,5-10H2,1-4H3,(H,18,19). The second-order valence-electron chi connectivity index (χ2n) is 7.58. The number of amides is 1. The molecule has 0 aromatic rings. The number of nitrogens with one attached hydrogen (secondary N) is 2. The Bertz CT molecular complexity index is 334. The predicted octanol–water partition coefficient (Wildman–Crippen LogP) is 3.07. The van der Waals surface area contributed by atoms with E-state index in [9.17, 15) is 4.79 Å². The Labute approximate surface area is 123 Å². The lowest BCUT2D eigenvalue weighted by molar-refractivity contribution is 0.0505. The van der Waals surface area contributed by atoms with Gasteiger partial charge in [0.2, 0.25) is 0 Å². The molecule has 0 aliphatic heterocycles. The lowest BCUT2D eigenvalue weighted by Crippen LogP contribution is -2.39. The molecule has 0 bridgehead atoms. The molecule has 3 unspecified atom stereocenters. The van der Waals surface area contributed by atoms with E-state index in [1.54, 1.807) is 0 Å². The maximum absolute atomic E-state index is 11.7. The molecule has 0 spiro atoms. The second-order valence-corrected chi connectivity index (χ2v) is 7.58. The van der Waals surface area contributed by atoms with Gasteiger partial charge in [-0.2, -0.15) is 0 Å². The molecule has 20 heavy (non-hydrogen) atoms. The van der Waals surface area contributed by atoms with Crippen molar-refractivity contribution >= 4 is 6.09 Å². The quantitative estimate of drug-likeness (QED) is 0.815. The number of hydrogen-bond donors (Lipinski definition) is 2. The van der Waals surface area contributed by atoms with E-state index in [0.29, 0.717) is 6.04 Å². The van der Waals surface area contributed by atoms with Gasteiger partial charge in [-0.05, 0) is 71.3 Å². The van der Waals surface area contributed by atoms with Crippen molar-refractivity contribution in [2.75, 3.05) is 6.54 Å². The molecule has 0 aromatic heterocycles. The van der Waals surface area contributed by atoms with Gasteiger partial charge in [0, 0.05) is 12.1 Å². The van der Waals surface area contributed by atoms with E-state index >= 15 is 0 Å². The monoisotopic (exact) mass is 282 g/mol. The first-order valence-corrected chi connectivity index (χ1v) is 8.06.